The highest BCUT2D eigenvalue weighted by molar-refractivity contribution is 5.80. The van der Waals surface area contributed by atoms with Gasteiger partial charge in [0.15, 0.2) is 0 Å². The van der Waals surface area contributed by atoms with Gasteiger partial charge >= 0.3 is 5.97 Å². The van der Waals surface area contributed by atoms with Crippen LogP contribution in [-0.2, 0) is 16.0 Å². The Labute approximate surface area is 135 Å². The molecule has 2 N–H and O–H groups in total. The van der Waals surface area contributed by atoms with Crippen LogP contribution in [0.25, 0.3) is 0 Å². The predicted molar refractivity (Wildman–Crippen MR) is 86.9 cm³/mol. The van der Waals surface area contributed by atoms with Crippen molar-refractivity contribution in [2.45, 2.75) is 32.2 Å². The molecule has 2 aromatic rings. The van der Waals surface area contributed by atoms with Crippen LogP contribution in [0.15, 0.2) is 48.8 Å². The molecule has 1 unspecified atom stereocenters. The number of nitrogens with zero attached hydrogens (tertiary/aromatic N) is 1. The monoisotopic (exact) mass is 312 g/mol. The van der Waals surface area contributed by atoms with Crippen LogP contribution in [0, 0.1) is 6.92 Å². The zero-order valence-electron chi connectivity index (χ0n) is 13.0. The van der Waals surface area contributed by atoms with Gasteiger partial charge < -0.3 is 10.4 Å². The summed E-state index contributed by atoms with van der Waals surface area (Å²) in [4.78, 5) is 26.7. The van der Waals surface area contributed by atoms with Crippen molar-refractivity contribution in [2.75, 3.05) is 0 Å². The van der Waals surface area contributed by atoms with E-state index in [9.17, 15) is 9.59 Å². The zero-order chi connectivity index (χ0) is 16.7. The molecule has 0 radical (unpaired) electrons. The van der Waals surface area contributed by atoms with Crippen molar-refractivity contribution < 1.29 is 14.7 Å². The van der Waals surface area contributed by atoms with Gasteiger partial charge in [-0.25, -0.2) is 0 Å². The number of aromatic nitrogens is 1. The number of rotatable bonds is 7. The Bertz CT molecular complexity index is 654. The third-order valence-corrected chi connectivity index (χ3v) is 3.55. The van der Waals surface area contributed by atoms with Crippen molar-refractivity contribution in [3.05, 3.63) is 65.5 Å². The molecule has 0 fully saturated rings. The molecule has 2 rings (SSSR count). The van der Waals surface area contributed by atoms with Crippen LogP contribution in [-0.4, -0.2) is 22.0 Å². The molecule has 0 saturated carbocycles. The molecule has 0 aliphatic heterocycles. The minimum atomic E-state index is -0.975. The number of aliphatic carboxylic acids is 1. The van der Waals surface area contributed by atoms with Crippen molar-refractivity contribution in [1.29, 1.82) is 0 Å². The van der Waals surface area contributed by atoms with Crippen LogP contribution < -0.4 is 5.32 Å². The van der Waals surface area contributed by atoms with Crippen molar-refractivity contribution in [3.63, 3.8) is 0 Å². The lowest BCUT2D eigenvalue weighted by atomic mass is 9.99. The van der Waals surface area contributed by atoms with Crippen LogP contribution in [0.2, 0.25) is 0 Å². The zero-order valence-corrected chi connectivity index (χ0v) is 13.0. The normalized spacial score (nSPS) is 11.7. The van der Waals surface area contributed by atoms with Crippen LogP contribution in [0.1, 0.15) is 35.6 Å². The number of pyridine rings is 1. The molecule has 1 aromatic heterocycles. The largest absolute Gasteiger partial charge is 0.481 e. The molecule has 0 aliphatic carbocycles. The minimum Gasteiger partial charge on any atom is -0.481 e. The Morgan fingerprint density at radius 1 is 1.17 bits per heavy atom. The summed E-state index contributed by atoms with van der Waals surface area (Å²) in [5.74, 6) is -1.25. The van der Waals surface area contributed by atoms with Crippen molar-refractivity contribution in [2.24, 2.45) is 0 Å². The SMILES string of the molecule is Cc1ccc(CC(NC(=O)CCC(=O)O)c2cccnc2)cc1. The van der Waals surface area contributed by atoms with E-state index in [0.717, 1.165) is 11.1 Å². The first kappa shape index (κ1) is 16.7. The molecule has 23 heavy (non-hydrogen) atoms. The molecule has 1 heterocycles. The Balaban J connectivity index is 2.10. The van der Waals surface area contributed by atoms with Crippen molar-refractivity contribution in [3.8, 4) is 0 Å². The molecule has 0 saturated heterocycles. The molecule has 120 valence electrons. The second-order valence-electron chi connectivity index (χ2n) is 5.49. The molecule has 5 heteroatoms. The Kier molecular flexibility index (Phi) is 5.86. The quantitative estimate of drug-likeness (QED) is 0.824. The van der Waals surface area contributed by atoms with Gasteiger partial charge in [0.1, 0.15) is 0 Å². The number of hydrogen-bond acceptors (Lipinski definition) is 3. The van der Waals surface area contributed by atoms with E-state index in [-0.39, 0.29) is 24.8 Å². The van der Waals surface area contributed by atoms with Gasteiger partial charge in [0, 0.05) is 18.8 Å². The van der Waals surface area contributed by atoms with Crippen molar-refractivity contribution in [1.82, 2.24) is 10.3 Å². The molecular weight excluding hydrogens is 292 g/mol. The standard InChI is InChI=1S/C18H20N2O3/c1-13-4-6-14(7-5-13)11-16(15-3-2-10-19-12-15)20-17(21)8-9-18(22)23/h2-7,10,12,16H,8-9,11H2,1H3,(H,20,21)(H,22,23). The van der Waals surface area contributed by atoms with E-state index in [0.29, 0.717) is 6.42 Å². The summed E-state index contributed by atoms with van der Waals surface area (Å²) in [7, 11) is 0. The maximum Gasteiger partial charge on any atom is 0.303 e. The van der Waals surface area contributed by atoms with Gasteiger partial charge in [-0.05, 0) is 30.5 Å². The van der Waals surface area contributed by atoms with Gasteiger partial charge in [-0.1, -0.05) is 35.9 Å². The van der Waals surface area contributed by atoms with Crippen molar-refractivity contribution >= 4 is 11.9 Å². The molecule has 1 atom stereocenters. The van der Waals surface area contributed by atoms with E-state index >= 15 is 0 Å². The van der Waals surface area contributed by atoms with E-state index in [1.54, 1.807) is 12.4 Å². The Morgan fingerprint density at radius 2 is 1.91 bits per heavy atom. The van der Waals surface area contributed by atoms with E-state index in [2.05, 4.69) is 10.3 Å². The average molecular weight is 312 g/mol. The Hall–Kier alpha value is -2.69. The molecule has 0 spiro atoms. The summed E-state index contributed by atoms with van der Waals surface area (Å²) >= 11 is 0. The van der Waals surface area contributed by atoms with E-state index in [1.165, 1.54) is 5.56 Å². The summed E-state index contributed by atoms with van der Waals surface area (Å²) in [6, 6.07) is 11.6. The third kappa shape index (κ3) is 5.54. The summed E-state index contributed by atoms with van der Waals surface area (Å²) in [5, 5.41) is 11.6. The third-order valence-electron chi connectivity index (χ3n) is 3.55. The maximum absolute atomic E-state index is 12.0. The number of carbonyl (C=O) groups excluding carboxylic acids is 1. The molecule has 0 bridgehead atoms. The average Bonchev–Trinajstić information content (AvgIpc) is 2.55. The fourth-order valence-corrected chi connectivity index (χ4v) is 2.28. The first-order valence-corrected chi connectivity index (χ1v) is 7.51. The van der Waals surface area contributed by atoms with E-state index < -0.39 is 5.97 Å². The summed E-state index contributed by atoms with van der Waals surface area (Å²) in [6.45, 7) is 2.02. The lowest BCUT2D eigenvalue weighted by Crippen LogP contribution is -2.30. The fraction of sp³-hybridized carbons (Fsp3) is 0.278. The molecule has 1 amide bonds. The number of carboxylic acids is 1. The van der Waals surface area contributed by atoms with Gasteiger partial charge in [0.05, 0.1) is 12.5 Å². The topological polar surface area (TPSA) is 79.3 Å². The second kappa shape index (κ2) is 8.08. The van der Waals surface area contributed by atoms with Crippen LogP contribution in [0.5, 0.6) is 0 Å². The Morgan fingerprint density at radius 3 is 2.52 bits per heavy atom. The van der Waals surface area contributed by atoms with Gasteiger partial charge in [-0.2, -0.15) is 0 Å². The van der Waals surface area contributed by atoms with E-state index in [4.69, 9.17) is 5.11 Å². The highest BCUT2D eigenvalue weighted by Gasteiger charge is 2.16. The smallest absolute Gasteiger partial charge is 0.303 e. The highest BCUT2D eigenvalue weighted by Crippen LogP contribution is 2.18. The lowest BCUT2D eigenvalue weighted by Gasteiger charge is -2.19. The molecule has 0 aliphatic rings. The number of carbonyl (C=O) groups is 2. The summed E-state index contributed by atoms with van der Waals surface area (Å²) in [6.07, 6.45) is 3.83. The summed E-state index contributed by atoms with van der Waals surface area (Å²) in [5.41, 5.74) is 3.18. The number of benzene rings is 1. The highest BCUT2D eigenvalue weighted by atomic mass is 16.4. The fourth-order valence-electron chi connectivity index (χ4n) is 2.28. The van der Waals surface area contributed by atoms with Crippen LogP contribution >= 0.6 is 0 Å². The first-order chi connectivity index (χ1) is 11.0. The maximum atomic E-state index is 12.0. The minimum absolute atomic E-state index is 0.0278. The molecular formula is C18H20N2O3. The number of nitrogens with one attached hydrogen (secondary N) is 1. The molecule has 5 nitrogen and oxygen atoms in total. The van der Waals surface area contributed by atoms with Crippen LogP contribution in [0.3, 0.4) is 0 Å². The predicted octanol–water partition coefficient (Wildman–Crippen LogP) is 2.65. The lowest BCUT2D eigenvalue weighted by molar-refractivity contribution is -0.138. The van der Waals surface area contributed by atoms with Gasteiger partial charge in [-0.3, -0.25) is 14.6 Å². The number of aryl methyl sites for hydroxylation is 1. The number of carboxylic acid groups (broad SMARTS) is 1. The first-order valence-electron chi connectivity index (χ1n) is 7.51. The second-order valence-corrected chi connectivity index (χ2v) is 5.49. The number of hydrogen-bond donors (Lipinski definition) is 2. The van der Waals surface area contributed by atoms with Gasteiger partial charge in [0.2, 0.25) is 5.91 Å². The number of amides is 1. The molecule has 1 aromatic carbocycles. The van der Waals surface area contributed by atoms with Crippen LogP contribution in [0.4, 0.5) is 0 Å². The van der Waals surface area contributed by atoms with Gasteiger partial charge in [0.25, 0.3) is 0 Å². The summed E-state index contributed by atoms with van der Waals surface area (Å²) < 4.78 is 0. The van der Waals surface area contributed by atoms with E-state index in [1.807, 2.05) is 43.3 Å². The van der Waals surface area contributed by atoms with Gasteiger partial charge in [-0.15, -0.1) is 0 Å².